The topological polar surface area (TPSA) is 0 Å². The maximum atomic E-state index is 2.14. The van der Waals surface area contributed by atoms with E-state index in [1.807, 2.05) is 0 Å². The Hall–Kier alpha value is 1.65. The Morgan fingerprint density at radius 1 is 1.25 bits per heavy atom. The fourth-order valence-electron chi connectivity index (χ4n) is 0. The molecule has 0 N–H and O–H groups in total. The van der Waals surface area contributed by atoms with Crippen molar-refractivity contribution >= 4 is 35.2 Å². The van der Waals surface area contributed by atoms with Gasteiger partial charge in [-0.15, -0.1) is 5.79 Å². The molecule has 0 bridgehead atoms. The van der Waals surface area contributed by atoms with Crippen molar-refractivity contribution in [1.82, 2.24) is 0 Å². The van der Waals surface area contributed by atoms with Crippen LogP contribution in [0.15, 0.2) is 0 Å². The van der Waals surface area contributed by atoms with Gasteiger partial charge in [-0.2, -0.15) is 0 Å². The fraction of sp³-hybridized carbons (Fsp3) is 1.00. The second-order valence-corrected chi connectivity index (χ2v) is 0. The van der Waals surface area contributed by atoms with Gasteiger partial charge in [-0.1, -0.05) is 0 Å². The Morgan fingerprint density at radius 2 is 1.25 bits per heavy atom. The summed E-state index contributed by atoms with van der Waals surface area (Å²) in [5, 5.41) is 0. The van der Waals surface area contributed by atoms with Crippen LogP contribution >= 0.6 is 0 Å². The number of hydrogen-bond acceptors (Lipinski definition) is 0. The zero-order chi connectivity index (χ0) is 2.00. The third-order valence-corrected chi connectivity index (χ3v) is 0. The Balaban J connectivity index is -0.00000000500. The van der Waals surface area contributed by atoms with Gasteiger partial charge in [0.05, 0.1) is 0 Å². The van der Waals surface area contributed by atoms with Crippen LogP contribution in [0.25, 0.3) is 0 Å². The molecule has 0 heterocycles. The number of hydrogen-bond donors (Lipinski definition) is 0. The van der Waals surface area contributed by atoms with E-state index in [1.165, 1.54) is 16.3 Å². The third-order valence-electron chi connectivity index (χ3n) is 0. The van der Waals surface area contributed by atoms with Gasteiger partial charge in [0.1, 0.15) is 0 Å². The molecule has 0 aromatic carbocycles. The Kier molecular flexibility index (Phi) is 99.0. The van der Waals surface area contributed by atoms with Crippen LogP contribution in [-0.4, -0.2) is 35.2 Å². The van der Waals surface area contributed by atoms with Crippen LogP contribution in [0.2, 0.25) is 5.79 Å². The second-order valence-electron chi connectivity index (χ2n) is 0. The van der Waals surface area contributed by atoms with E-state index in [-0.39, 0.29) is 35.9 Å². The summed E-state index contributed by atoms with van der Waals surface area (Å²) < 4.78 is 0. The first-order chi connectivity index (χ1) is 1.00. The van der Waals surface area contributed by atoms with Crippen LogP contribution < -0.4 is 0 Å². The molecular weight excluding hydrogens is 109 g/mol. The first-order valence-electron chi connectivity index (χ1n) is 1.00. The summed E-state index contributed by atoms with van der Waals surface area (Å²) in [5.41, 5.74) is 0. The molecular formula is CH6AlCuLi. The van der Waals surface area contributed by atoms with E-state index in [2.05, 4.69) is 5.79 Å². The molecule has 0 saturated heterocycles. The van der Waals surface area contributed by atoms with Crippen LogP contribution in [0.1, 0.15) is 0 Å². The van der Waals surface area contributed by atoms with Crippen molar-refractivity contribution < 1.29 is 17.1 Å². The van der Waals surface area contributed by atoms with Gasteiger partial charge < -0.3 is 0 Å². The van der Waals surface area contributed by atoms with Gasteiger partial charge in [-0.3, -0.25) is 0 Å². The van der Waals surface area contributed by atoms with Crippen molar-refractivity contribution in [3.05, 3.63) is 0 Å². The molecule has 0 fully saturated rings. The van der Waals surface area contributed by atoms with E-state index < -0.39 is 0 Å². The van der Waals surface area contributed by atoms with Crippen molar-refractivity contribution in [3.8, 4) is 0 Å². The minimum atomic E-state index is 0. The van der Waals surface area contributed by atoms with Crippen molar-refractivity contribution in [2.45, 2.75) is 5.79 Å². The van der Waals surface area contributed by atoms with Gasteiger partial charge in [0.25, 0.3) is 0 Å². The van der Waals surface area contributed by atoms with Crippen molar-refractivity contribution in [2.75, 3.05) is 0 Å². The van der Waals surface area contributed by atoms with Crippen molar-refractivity contribution in [1.29, 1.82) is 0 Å². The van der Waals surface area contributed by atoms with Crippen LogP contribution in [0.3, 0.4) is 0 Å². The molecule has 0 aromatic rings. The normalized spacial score (nSPS) is 1.25. The van der Waals surface area contributed by atoms with Crippen LogP contribution in [0, 0.1) is 0 Å². The standard InChI is InChI=1S/CH3.Al.Cu.Li.3H/h1H3;;;;;;. The van der Waals surface area contributed by atoms with E-state index in [1.54, 1.807) is 0 Å². The summed E-state index contributed by atoms with van der Waals surface area (Å²) in [5.74, 6) is 2.14. The Morgan fingerprint density at radius 3 is 1.25 bits per heavy atom. The monoisotopic (exact) mass is 115 g/mol. The summed E-state index contributed by atoms with van der Waals surface area (Å²) in [6.45, 7) is 0. The molecule has 1 radical (unpaired) electrons. The third kappa shape index (κ3) is 9.42. The van der Waals surface area contributed by atoms with Crippen molar-refractivity contribution in [2.24, 2.45) is 0 Å². The van der Waals surface area contributed by atoms with Gasteiger partial charge in [-0.05, 0) is 0 Å². The predicted octanol–water partition coefficient (Wildman–Crippen LogP) is -0.983. The van der Waals surface area contributed by atoms with Gasteiger partial charge in [0, 0.05) is 17.1 Å². The fourth-order valence-corrected chi connectivity index (χ4v) is 0. The van der Waals surface area contributed by atoms with Gasteiger partial charge in [0.15, 0.2) is 0 Å². The average Bonchev–Trinajstić information content (AvgIpc) is 1.00. The minimum absolute atomic E-state index is 0. The SMILES string of the molecule is [CH3][AlH2].[Cu].[LiH]. The molecule has 4 heavy (non-hydrogen) atoms. The van der Waals surface area contributed by atoms with Crippen LogP contribution in [-0.2, 0) is 17.1 Å². The molecule has 0 aliphatic carbocycles. The summed E-state index contributed by atoms with van der Waals surface area (Å²) in [7, 11) is 0. The van der Waals surface area contributed by atoms with E-state index in [0.29, 0.717) is 0 Å². The Labute approximate surface area is 57.8 Å². The molecule has 0 spiro atoms. The van der Waals surface area contributed by atoms with Crippen molar-refractivity contribution in [3.63, 3.8) is 0 Å². The molecule has 0 aliphatic heterocycles. The molecule has 0 atom stereocenters. The summed E-state index contributed by atoms with van der Waals surface area (Å²) in [6, 6.07) is 0. The van der Waals surface area contributed by atoms with E-state index >= 15 is 0 Å². The molecule has 25 valence electrons. The molecule has 0 aliphatic rings. The molecule has 0 nitrogen and oxygen atoms in total. The maximum absolute atomic E-state index is 2.14. The summed E-state index contributed by atoms with van der Waals surface area (Å²) >= 11 is 1.31. The van der Waals surface area contributed by atoms with E-state index in [4.69, 9.17) is 0 Å². The van der Waals surface area contributed by atoms with E-state index in [0.717, 1.165) is 0 Å². The van der Waals surface area contributed by atoms with Gasteiger partial charge >= 0.3 is 18.9 Å². The van der Waals surface area contributed by atoms with Gasteiger partial charge in [0.2, 0.25) is 16.3 Å². The van der Waals surface area contributed by atoms with Gasteiger partial charge in [-0.25, -0.2) is 0 Å². The molecule has 3 heteroatoms. The first-order valence-corrected chi connectivity index (χ1v) is 3.00. The summed E-state index contributed by atoms with van der Waals surface area (Å²) in [4.78, 5) is 0. The molecule has 0 unspecified atom stereocenters. The second kappa shape index (κ2) is 22.8. The molecule has 0 saturated carbocycles. The van der Waals surface area contributed by atoms with E-state index in [9.17, 15) is 0 Å². The molecule has 0 rings (SSSR count). The predicted molar refractivity (Wildman–Crippen MR) is 21.6 cm³/mol. The Bertz CT molecular complexity index is 8.00. The molecule has 0 amide bonds. The quantitative estimate of drug-likeness (QED) is 0.356. The summed E-state index contributed by atoms with van der Waals surface area (Å²) in [6.07, 6.45) is 0. The average molecular weight is 116 g/mol. The van der Waals surface area contributed by atoms with Crippen LogP contribution in [0.5, 0.6) is 0 Å². The zero-order valence-electron chi connectivity index (χ0n) is 2.30. The zero-order valence-corrected chi connectivity index (χ0v) is 5.24. The molecule has 0 aromatic heterocycles. The van der Waals surface area contributed by atoms with Crippen LogP contribution in [0.4, 0.5) is 0 Å². The first kappa shape index (κ1) is 17.4. The number of rotatable bonds is 0.